The molecule has 13 heavy (non-hydrogen) atoms. The molecule has 0 bridgehead atoms. The Bertz CT molecular complexity index is 315. The Labute approximate surface area is 80.6 Å². The van der Waals surface area contributed by atoms with Crippen molar-refractivity contribution >= 4 is 5.69 Å². The molecule has 0 aliphatic carbocycles. The lowest BCUT2D eigenvalue weighted by atomic mass is 9.95. The molecule has 0 spiro atoms. The second-order valence-electron chi connectivity index (χ2n) is 4.56. The molecule has 1 nitrogen and oxygen atoms in total. The maximum atomic E-state index is 2.34. The van der Waals surface area contributed by atoms with Crippen molar-refractivity contribution in [2.24, 2.45) is 0 Å². The van der Waals surface area contributed by atoms with E-state index in [1.54, 1.807) is 0 Å². The SMILES string of the molecule is CC1CCc2ccccc2[N+]1(C)C. The van der Waals surface area contributed by atoms with Crippen molar-refractivity contribution in [3.05, 3.63) is 29.8 Å². The lowest BCUT2D eigenvalue weighted by Gasteiger charge is -2.40. The smallest absolute Gasteiger partial charge is 0.135 e. The van der Waals surface area contributed by atoms with Gasteiger partial charge in [0.15, 0.2) is 0 Å². The van der Waals surface area contributed by atoms with Crippen LogP contribution in [0.15, 0.2) is 24.3 Å². The van der Waals surface area contributed by atoms with Crippen LogP contribution >= 0.6 is 0 Å². The van der Waals surface area contributed by atoms with E-state index in [4.69, 9.17) is 0 Å². The summed E-state index contributed by atoms with van der Waals surface area (Å²) in [4.78, 5) is 0. The third-order valence-electron chi connectivity index (χ3n) is 3.55. The van der Waals surface area contributed by atoms with E-state index in [1.165, 1.54) is 24.1 Å². The molecule has 0 radical (unpaired) electrons. The zero-order valence-electron chi connectivity index (χ0n) is 8.75. The van der Waals surface area contributed by atoms with Crippen molar-refractivity contribution < 1.29 is 0 Å². The molecule has 1 heterocycles. The molecule has 2 rings (SSSR count). The summed E-state index contributed by atoms with van der Waals surface area (Å²) < 4.78 is 1.04. The van der Waals surface area contributed by atoms with E-state index in [-0.39, 0.29) is 0 Å². The van der Waals surface area contributed by atoms with Crippen LogP contribution in [0.1, 0.15) is 18.9 Å². The van der Waals surface area contributed by atoms with Gasteiger partial charge in [-0.25, -0.2) is 0 Å². The molecule has 0 N–H and O–H groups in total. The van der Waals surface area contributed by atoms with Gasteiger partial charge in [0.25, 0.3) is 0 Å². The third-order valence-corrected chi connectivity index (χ3v) is 3.55. The molecule has 70 valence electrons. The molecule has 0 aromatic heterocycles. The van der Waals surface area contributed by atoms with Crippen LogP contribution in [0.5, 0.6) is 0 Å². The summed E-state index contributed by atoms with van der Waals surface area (Å²) in [5, 5.41) is 0. The number of hydrogen-bond donors (Lipinski definition) is 0. The molecule has 0 amide bonds. The maximum Gasteiger partial charge on any atom is 0.135 e. The van der Waals surface area contributed by atoms with E-state index in [9.17, 15) is 0 Å². The first-order valence-corrected chi connectivity index (χ1v) is 5.04. The Balaban J connectivity index is 2.52. The van der Waals surface area contributed by atoms with Crippen molar-refractivity contribution in [1.29, 1.82) is 0 Å². The zero-order chi connectivity index (χ0) is 9.47. The molecule has 1 aromatic rings. The Kier molecular flexibility index (Phi) is 1.92. The van der Waals surface area contributed by atoms with Crippen molar-refractivity contribution in [1.82, 2.24) is 4.48 Å². The predicted molar refractivity (Wildman–Crippen MR) is 57.9 cm³/mol. The van der Waals surface area contributed by atoms with Crippen LogP contribution in [-0.4, -0.2) is 20.1 Å². The van der Waals surface area contributed by atoms with Crippen molar-refractivity contribution in [3.8, 4) is 0 Å². The summed E-state index contributed by atoms with van der Waals surface area (Å²) in [6.45, 7) is 2.34. The first-order valence-electron chi connectivity index (χ1n) is 5.04. The van der Waals surface area contributed by atoms with Gasteiger partial charge >= 0.3 is 0 Å². The number of quaternary nitrogens is 1. The van der Waals surface area contributed by atoms with Gasteiger partial charge in [0.2, 0.25) is 0 Å². The lowest BCUT2D eigenvalue weighted by Crippen LogP contribution is -2.51. The van der Waals surface area contributed by atoms with Crippen LogP contribution in [0.4, 0.5) is 5.69 Å². The molecule has 1 aliphatic heterocycles. The fourth-order valence-corrected chi connectivity index (χ4v) is 2.21. The Morgan fingerprint density at radius 1 is 1.23 bits per heavy atom. The van der Waals surface area contributed by atoms with Gasteiger partial charge in [-0.2, -0.15) is 0 Å². The minimum atomic E-state index is 0.745. The van der Waals surface area contributed by atoms with Gasteiger partial charge in [0.1, 0.15) is 5.69 Å². The fraction of sp³-hybridized carbons (Fsp3) is 0.500. The highest BCUT2D eigenvalue weighted by Crippen LogP contribution is 2.33. The fourth-order valence-electron chi connectivity index (χ4n) is 2.21. The zero-order valence-corrected chi connectivity index (χ0v) is 8.75. The van der Waals surface area contributed by atoms with E-state index in [1.807, 2.05) is 0 Å². The second kappa shape index (κ2) is 2.85. The van der Waals surface area contributed by atoms with Gasteiger partial charge < -0.3 is 0 Å². The largest absolute Gasteiger partial charge is 0.294 e. The highest BCUT2D eigenvalue weighted by Gasteiger charge is 2.32. The van der Waals surface area contributed by atoms with Gasteiger partial charge in [0, 0.05) is 12.0 Å². The minimum Gasteiger partial charge on any atom is -0.294 e. The molecule has 1 atom stereocenters. The Morgan fingerprint density at radius 3 is 2.69 bits per heavy atom. The summed E-state index contributed by atoms with van der Waals surface area (Å²) in [5.74, 6) is 0. The van der Waals surface area contributed by atoms with Gasteiger partial charge in [-0.05, 0) is 19.4 Å². The quantitative estimate of drug-likeness (QED) is 0.533. The number of fused-ring (bicyclic) bond motifs is 1. The maximum absolute atomic E-state index is 2.34. The van der Waals surface area contributed by atoms with Gasteiger partial charge in [-0.1, -0.05) is 18.2 Å². The highest BCUT2D eigenvalue weighted by molar-refractivity contribution is 5.52. The van der Waals surface area contributed by atoms with E-state index in [2.05, 4.69) is 45.3 Å². The molecule has 1 aromatic carbocycles. The van der Waals surface area contributed by atoms with Crippen molar-refractivity contribution in [2.45, 2.75) is 25.8 Å². The standard InChI is InChI=1S/C12H18N/c1-10-8-9-11-6-4-5-7-12(11)13(10,2)3/h4-7,10H,8-9H2,1-3H3/q+1. The summed E-state index contributed by atoms with van der Waals surface area (Å²) in [6.07, 6.45) is 2.56. The minimum absolute atomic E-state index is 0.745. The van der Waals surface area contributed by atoms with Gasteiger partial charge in [0.05, 0.1) is 20.1 Å². The third kappa shape index (κ3) is 1.28. The number of para-hydroxylation sites is 1. The molecule has 1 heteroatoms. The average Bonchev–Trinajstić information content (AvgIpc) is 2.13. The van der Waals surface area contributed by atoms with Crippen molar-refractivity contribution in [2.75, 3.05) is 14.1 Å². The van der Waals surface area contributed by atoms with Gasteiger partial charge in [-0.3, -0.25) is 4.48 Å². The molecule has 1 aliphatic rings. The summed E-state index contributed by atoms with van der Waals surface area (Å²) in [6, 6.07) is 9.58. The highest BCUT2D eigenvalue weighted by atomic mass is 15.3. The van der Waals surface area contributed by atoms with Crippen LogP contribution in [0.3, 0.4) is 0 Å². The molecular formula is C12H18N+. The predicted octanol–water partition coefficient (Wildman–Crippen LogP) is 2.59. The first kappa shape index (κ1) is 8.76. The molecular weight excluding hydrogens is 158 g/mol. The molecule has 0 fully saturated rings. The number of hydrogen-bond acceptors (Lipinski definition) is 0. The number of aryl methyl sites for hydroxylation is 1. The van der Waals surface area contributed by atoms with Crippen LogP contribution in [0.2, 0.25) is 0 Å². The molecule has 0 saturated heterocycles. The number of benzene rings is 1. The Hall–Kier alpha value is -0.820. The number of nitrogens with zero attached hydrogens (tertiary/aromatic N) is 1. The summed E-state index contributed by atoms with van der Waals surface area (Å²) >= 11 is 0. The van der Waals surface area contributed by atoms with Crippen LogP contribution < -0.4 is 4.48 Å². The monoisotopic (exact) mass is 176 g/mol. The van der Waals surface area contributed by atoms with E-state index in [0.29, 0.717) is 0 Å². The normalized spacial score (nSPS) is 25.3. The van der Waals surface area contributed by atoms with Crippen molar-refractivity contribution in [3.63, 3.8) is 0 Å². The van der Waals surface area contributed by atoms with E-state index in [0.717, 1.165) is 10.5 Å². The average molecular weight is 176 g/mol. The number of rotatable bonds is 0. The topological polar surface area (TPSA) is 0 Å². The molecule has 1 unspecified atom stereocenters. The summed E-state index contributed by atoms with van der Waals surface area (Å²) in [7, 11) is 4.62. The second-order valence-corrected chi connectivity index (χ2v) is 4.56. The lowest BCUT2D eigenvalue weighted by molar-refractivity contribution is 0.277. The van der Waals surface area contributed by atoms with Crippen LogP contribution in [0.25, 0.3) is 0 Å². The van der Waals surface area contributed by atoms with Gasteiger partial charge in [-0.15, -0.1) is 0 Å². The Morgan fingerprint density at radius 2 is 1.92 bits per heavy atom. The summed E-state index contributed by atoms with van der Waals surface area (Å²) in [5.41, 5.74) is 3.03. The first-order chi connectivity index (χ1) is 6.12. The van der Waals surface area contributed by atoms with Crippen LogP contribution in [-0.2, 0) is 6.42 Å². The van der Waals surface area contributed by atoms with Crippen LogP contribution in [0, 0.1) is 0 Å². The molecule has 0 saturated carbocycles. The van der Waals surface area contributed by atoms with E-state index < -0.39 is 0 Å². The van der Waals surface area contributed by atoms with E-state index >= 15 is 0 Å².